The van der Waals surface area contributed by atoms with Crippen LogP contribution in [0.1, 0.15) is 18.6 Å². The van der Waals surface area contributed by atoms with Crippen LogP contribution >= 0.6 is 0 Å². The van der Waals surface area contributed by atoms with Crippen LogP contribution in [-0.2, 0) is 11.2 Å². The number of carboxylic acids is 1. The van der Waals surface area contributed by atoms with Gasteiger partial charge in [-0.3, -0.25) is 4.79 Å². The third-order valence-electron chi connectivity index (χ3n) is 1.92. The largest absolute Gasteiger partial charge is 0.480 e. The van der Waals surface area contributed by atoms with Gasteiger partial charge in [0.1, 0.15) is 6.04 Å². The Hall–Kier alpha value is -2.12. The summed E-state index contributed by atoms with van der Waals surface area (Å²) in [4.78, 5) is 25.6. The summed E-state index contributed by atoms with van der Waals surface area (Å²) in [5.41, 5.74) is 0. The van der Waals surface area contributed by atoms with Crippen LogP contribution in [0.25, 0.3) is 0 Å². The molecule has 1 unspecified atom stereocenters. The van der Waals surface area contributed by atoms with Crippen molar-refractivity contribution in [2.45, 2.75) is 26.3 Å². The first-order chi connectivity index (χ1) is 7.99. The summed E-state index contributed by atoms with van der Waals surface area (Å²) in [6, 6.07) is -1.47. The van der Waals surface area contributed by atoms with Crippen LogP contribution in [-0.4, -0.2) is 39.8 Å². The zero-order valence-electron chi connectivity index (χ0n) is 9.56. The zero-order chi connectivity index (χ0) is 12.8. The van der Waals surface area contributed by atoms with Gasteiger partial charge in [0.15, 0.2) is 5.82 Å². The molecule has 0 aliphatic rings. The van der Waals surface area contributed by atoms with E-state index < -0.39 is 18.0 Å². The number of aryl methyl sites for hydroxylation is 1. The van der Waals surface area contributed by atoms with Gasteiger partial charge in [-0.1, -0.05) is 5.16 Å². The molecule has 0 saturated carbocycles. The van der Waals surface area contributed by atoms with Gasteiger partial charge in [-0.15, -0.1) is 0 Å². The number of hydrogen-bond donors (Lipinski definition) is 3. The average molecular weight is 242 g/mol. The van der Waals surface area contributed by atoms with Gasteiger partial charge in [0.2, 0.25) is 5.89 Å². The van der Waals surface area contributed by atoms with E-state index in [9.17, 15) is 9.59 Å². The Morgan fingerprint density at radius 2 is 2.24 bits per heavy atom. The number of nitrogens with zero attached hydrogens (tertiary/aromatic N) is 2. The molecule has 1 aromatic rings. The van der Waals surface area contributed by atoms with Gasteiger partial charge < -0.3 is 20.3 Å². The third-order valence-corrected chi connectivity index (χ3v) is 1.92. The SMILES string of the molecule is Cc1nc(CCNC(=O)NC(C)C(=O)O)no1. The highest BCUT2D eigenvalue weighted by Crippen LogP contribution is 1.94. The molecule has 3 N–H and O–H groups in total. The van der Waals surface area contributed by atoms with Crippen LogP contribution in [0.2, 0.25) is 0 Å². The van der Waals surface area contributed by atoms with Crippen LogP contribution in [0.5, 0.6) is 0 Å². The fourth-order valence-electron chi connectivity index (χ4n) is 1.04. The summed E-state index contributed by atoms with van der Waals surface area (Å²) < 4.78 is 4.75. The molecule has 1 rings (SSSR count). The highest BCUT2D eigenvalue weighted by molar-refractivity contribution is 5.82. The maximum Gasteiger partial charge on any atom is 0.325 e. The molecule has 0 saturated heterocycles. The molecule has 0 aliphatic heterocycles. The molecule has 94 valence electrons. The van der Waals surface area contributed by atoms with E-state index in [2.05, 4.69) is 20.8 Å². The number of carbonyl (C=O) groups is 2. The quantitative estimate of drug-likeness (QED) is 0.652. The monoisotopic (exact) mass is 242 g/mol. The number of carboxylic acid groups (broad SMARTS) is 1. The van der Waals surface area contributed by atoms with Crippen molar-refractivity contribution in [3.63, 3.8) is 0 Å². The van der Waals surface area contributed by atoms with Gasteiger partial charge >= 0.3 is 12.0 Å². The Labute approximate surface area is 97.4 Å². The number of rotatable bonds is 5. The standard InChI is InChI=1S/C9H14N4O4/c1-5(8(14)15)11-9(16)10-4-3-7-12-6(2)17-13-7/h5H,3-4H2,1-2H3,(H,14,15)(H2,10,11,16). The third kappa shape index (κ3) is 4.49. The Morgan fingerprint density at radius 1 is 1.53 bits per heavy atom. The molecule has 0 bridgehead atoms. The van der Waals surface area contributed by atoms with Gasteiger partial charge in [-0.05, 0) is 6.92 Å². The van der Waals surface area contributed by atoms with Crippen LogP contribution in [0.15, 0.2) is 4.52 Å². The van der Waals surface area contributed by atoms with Crippen molar-refractivity contribution in [3.8, 4) is 0 Å². The van der Waals surface area contributed by atoms with Crippen molar-refractivity contribution in [1.82, 2.24) is 20.8 Å². The first-order valence-electron chi connectivity index (χ1n) is 5.05. The van der Waals surface area contributed by atoms with Gasteiger partial charge in [0.25, 0.3) is 0 Å². The van der Waals surface area contributed by atoms with E-state index in [1.807, 2.05) is 0 Å². The van der Waals surface area contributed by atoms with Crippen LogP contribution in [0.4, 0.5) is 4.79 Å². The molecule has 8 nitrogen and oxygen atoms in total. The van der Waals surface area contributed by atoms with E-state index in [0.717, 1.165) is 0 Å². The first-order valence-corrected chi connectivity index (χ1v) is 5.05. The predicted molar refractivity (Wildman–Crippen MR) is 56.4 cm³/mol. The topological polar surface area (TPSA) is 117 Å². The normalized spacial score (nSPS) is 11.9. The minimum atomic E-state index is -1.09. The summed E-state index contributed by atoms with van der Waals surface area (Å²) in [5.74, 6) is -0.132. The van der Waals surface area contributed by atoms with E-state index in [1.54, 1.807) is 6.92 Å². The van der Waals surface area contributed by atoms with Gasteiger partial charge in [0.05, 0.1) is 0 Å². The summed E-state index contributed by atoms with van der Waals surface area (Å²) in [6.45, 7) is 3.35. The number of nitrogens with one attached hydrogen (secondary N) is 2. The van der Waals surface area contributed by atoms with Crippen molar-refractivity contribution in [2.24, 2.45) is 0 Å². The Balaban J connectivity index is 2.22. The predicted octanol–water partition coefficient (Wildman–Crippen LogP) is -0.307. The zero-order valence-corrected chi connectivity index (χ0v) is 9.56. The van der Waals surface area contributed by atoms with Crippen molar-refractivity contribution in [1.29, 1.82) is 0 Å². The second-order valence-electron chi connectivity index (χ2n) is 3.44. The Bertz CT molecular complexity index is 403. The minimum absolute atomic E-state index is 0.303. The smallest absolute Gasteiger partial charge is 0.325 e. The summed E-state index contributed by atoms with van der Waals surface area (Å²) in [7, 11) is 0. The van der Waals surface area contributed by atoms with Crippen molar-refractivity contribution >= 4 is 12.0 Å². The molecule has 8 heteroatoms. The van der Waals surface area contributed by atoms with Gasteiger partial charge in [-0.2, -0.15) is 4.98 Å². The average Bonchev–Trinajstić information content (AvgIpc) is 2.64. The molecule has 2 amide bonds. The maximum atomic E-state index is 11.2. The molecule has 17 heavy (non-hydrogen) atoms. The number of urea groups is 1. The maximum absolute atomic E-state index is 11.2. The van der Waals surface area contributed by atoms with Crippen LogP contribution in [0.3, 0.4) is 0 Å². The molecule has 0 spiro atoms. The van der Waals surface area contributed by atoms with Gasteiger partial charge in [-0.25, -0.2) is 4.79 Å². The van der Waals surface area contributed by atoms with Crippen LogP contribution in [0, 0.1) is 6.92 Å². The summed E-state index contributed by atoms with van der Waals surface area (Å²) in [5, 5.41) is 17.0. The number of hydrogen-bond acceptors (Lipinski definition) is 5. The second kappa shape index (κ2) is 5.83. The van der Waals surface area contributed by atoms with E-state index >= 15 is 0 Å². The molecular weight excluding hydrogens is 228 g/mol. The van der Waals surface area contributed by atoms with E-state index in [4.69, 9.17) is 9.63 Å². The minimum Gasteiger partial charge on any atom is -0.480 e. The van der Waals surface area contributed by atoms with E-state index in [1.165, 1.54) is 6.92 Å². The highest BCUT2D eigenvalue weighted by atomic mass is 16.5. The molecular formula is C9H14N4O4. The van der Waals surface area contributed by atoms with Crippen molar-refractivity contribution in [2.75, 3.05) is 6.54 Å². The molecule has 0 fully saturated rings. The fourth-order valence-corrected chi connectivity index (χ4v) is 1.04. The van der Waals surface area contributed by atoms with Crippen molar-refractivity contribution in [3.05, 3.63) is 11.7 Å². The fraction of sp³-hybridized carbons (Fsp3) is 0.556. The second-order valence-corrected chi connectivity index (χ2v) is 3.44. The number of aromatic nitrogens is 2. The lowest BCUT2D eigenvalue weighted by molar-refractivity contribution is -0.138. The number of aliphatic carboxylic acids is 1. The number of carbonyl (C=O) groups excluding carboxylic acids is 1. The summed E-state index contributed by atoms with van der Waals surface area (Å²) in [6.07, 6.45) is 0.423. The lowest BCUT2D eigenvalue weighted by Gasteiger charge is -2.09. The Kier molecular flexibility index (Phi) is 4.44. The van der Waals surface area contributed by atoms with Gasteiger partial charge in [0, 0.05) is 19.9 Å². The summed E-state index contributed by atoms with van der Waals surface area (Å²) >= 11 is 0. The lowest BCUT2D eigenvalue weighted by atomic mass is 10.3. The highest BCUT2D eigenvalue weighted by Gasteiger charge is 2.13. The van der Waals surface area contributed by atoms with Crippen molar-refractivity contribution < 1.29 is 19.2 Å². The number of amides is 2. The van der Waals surface area contributed by atoms with E-state index in [0.29, 0.717) is 24.7 Å². The molecule has 0 aliphatic carbocycles. The van der Waals surface area contributed by atoms with Crippen LogP contribution < -0.4 is 10.6 Å². The molecule has 0 aromatic carbocycles. The molecule has 1 atom stereocenters. The first kappa shape index (κ1) is 12.9. The lowest BCUT2D eigenvalue weighted by Crippen LogP contribution is -2.44. The van der Waals surface area contributed by atoms with E-state index in [-0.39, 0.29) is 0 Å². The molecule has 1 heterocycles. The molecule has 1 aromatic heterocycles. The Morgan fingerprint density at radius 3 is 2.76 bits per heavy atom. The molecule has 0 radical (unpaired) electrons.